The van der Waals surface area contributed by atoms with Crippen molar-refractivity contribution in [2.75, 3.05) is 52.6 Å². The number of ether oxygens (including phenoxy) is 2. The second-order valence-electron chi connectivity index (χ2n) is 7.45. The minimum absolute atomic E-state index is 0.0699. The van der Waals surface area contributed by atoms with Crippen molar-refractivity contribution in [3.05, 3.63) is 39.0 Å². The van der Waals surface area contributed by atoms with Crippen LogP contribution in [0.3, 0.4) is 0 Å². The first-order chi connectivity index (χ1) is 12.5. The van der Waals surface area contributed by atoms with Crippen LogP contribution in [0.5, 0.6) is 5.75 Å². The Labute approximate surface area is 155 Å². The van der Waals surface area contributed by atoms with Gasteiger partial charge in [-0.25, -0.2) is 0 Å². The predicted octanol–water partition coefficient (Wildman–Crippen LogP) is 1.54. The third kappa shape index (κ3) is 4.82. The van der Waals surface area contributed by atoms with E-state index in [9.17, 15) is 9.90 Å². The average molecular weight is 362 g/mol. The number of aromatic hydroxyl groups is 1. The maximum absolute atomic E-state index is 12.8. The van der Waals surface area contributed by atoms with Crippen molar-refractivity contribution in [2.24, 2.45) is 0 Å². The Morgan fingerprint density at radius 3 is 2.04 bits per heavy atom. The molecular formula is C20H30N2O4. The first-order valence-corrected chi connectivity index (χ1v) is 9.53. The van der Waals surface area contributed by atoms with Crippen LogP contribution in [0.2, 0.25) is 0 Å². The van der Waals surface area contributed by atoms with E-state index in [0.717, 1.165) is 51.5 Å². The van der Waals surface area contributed by atoms with Crippen LogP contribution >= 0.6 is 0 Å². The van der Waals surface area contributed by atoms with Crippen molar-refractivity contribution in [3.63, 3.8) is 0 Å². The van der Waals surface area contributed by atoms with Gasteiger partial charge >= 0.3 is 0 Å². The molecule has 0 saturated carbocycles. The van der Waals surface area contributed by atoms with Crippen LogP contribution in [-0.2, 0) is 22.6 Å². The Hall–Kier alpha value is -1.47. The zero-order chi connectivity index (χ0) is 18.5. The molecule has 2 aliphatic heterocycles. The third-order valence-electron chi connectivity index (χ3n) is 5.11. The molecule has 1 N–H and O–H groups in total. The predicted molar refractivity (Wildman–Crippen MR) is 101 cm³/mol. The maximum atomic E-state index is 12.8. The van der Waals surface area contributed by atoms with E-state index in [-0.39, 0.29) is 17.1 Å². The van der Waals surface area contributed by atoms with Gasteiger partial charge in [0.15, 0.2) is 5.75 Å². The number of hydrogen-bond acceptors (Lipinski definition) is 6. The van der Waals surface area contributed by atoms with Gasteiger partial charge < -0.3 is 14.6 Å². The minimum atomic E-state index is -0.239. The lowest BCUT2D eigenvalue weighted by molar-refractivity contribution is 0.0333. The van der Waals surface area contributed by atoms with Gasteiger partial charge in [0, 0.05) is 50.4 Å². The fraction of sp³-hybridized carbons (Fsp3) is 0.650. The molecule has 0 amide bonds. The molecule has 2 heterocycles. The van der Waals surface area contributed by atoms with E-state index in [0.29, 0.717) is 30.9 Å². The maximum Gasteiger partial charge on any atom is 0.223 e. The van der Waals surface area contributed by atoms with Crippen LogP contribution in [-0.4, -0.2) is 67.5 Å². The van der Waals surface area contributed by atoms with E-state index in [1.165, 1.54) is 0 Å². The van der Waals surface area contributed by atoms with E-state index >= 15 is 0 Å². The summed E-state index contributed by atoms with van der Waals surface area (Å²) in [6.45, 7) is 11.7. The Kier molecular flexibility index (Phi) is 6.64. The van der Waals surface area contributed by atoms with Gasteiger partial charge in [-0.3, -0.25) is 14.6 Å². The molecule has 6 heteroatoms. The summed E-state index contributed by atoms with van der Waals surface area (Å²) in [5, 5.41) is 10.6. The summed E-state index contributed by atoms with van der Waals surface area (Å²) in [6.07, 6.45) is 0. The smallest absolute Gasteiger partial charge is 0.223 e. The molecule has 3 rings (SSSR count). The van der Waals surface area contributed by atoms with Crippen LogP contribution in [0.15, 0.2) is 16.9 Å². The molecule has 0 aliphatic carbocycles. The summed E-state index contributed by atoms with van der Waals surface area (Å²) in [5.74, 6) is -0.0334. The Bertz CT molecular complexity index is 666. The summed E-state index contributed by atoms with van der Waals surface area (Å²) >= 11 is 0. The number of hydrogen-bond donors (Lipinski definition) is 1. The van der Waals surface area contributed by atoms with Crippen LogP contribution in [0.4, 0.5) is 0 Å². The zero-order valence-electron chi connectivity index (χ0n) is 15.9. The van der Waals surface area contributed by atoms with Crippen molar-refractivity contribution in [1.29, 1.82) is 0 Å². The van der Waals surface area contributed by atoms with Crippen molar-refractivity contribution in [3.8, 4) is 5.75 Å². The van der Waals surface area contributed by atoms with E-state index < -0.39 is 0 Å². The molecule has 1 aromatic carbocycles. The summed E-state index contributed by atoms with van der Waals surface area (Å²) in [6, 6.07) is 3.98. The molecule has 0 bridgehead atoms. The van der Waals surface area contributed by atoms with Crippen LogP contribution < -0.4 is 5.43 Å². The zero-order valence-corrected chi connectivity index (χ0v) is 15.9. The van der Waals surface area contributed by atoms with E-state index in [1.54, 1.807) is 0 Å². The van der Waals surface area contributed by atoms with Gasteiger partial charge in [-0.05, 0) is 17.5 Å². The van der Waals surface area contributed by atoms with Crippen molar-refractivity contribution >= 4 is 0 Å². The monoisotopic (exact) mass is 362 g/mol. The van der Waals surface area contributed by atoms with Crippen molar-refractivity contribution in [1.82, 2.24) is 9.80 Å². The molecule has 0 unspecified atom stereocenters. The molecule has 6 nitrogen and oxygen atoms in total. The van der Waals surface area contributed by atoms with Crippen LogP contribution in [0, 0.1) is 0 Å². The topological polar surface area (TPSA) is 62.2 Å². The fourth-order valence-electron chi connectivity index (χ4n) is 3.54. The fourth-order valence-corrected chi connectivity index (χ4v) is 3.54. The van der Waals surface area contributed by atoms with Gasteiger partial charge in [0.1, 0.15) is 0 Å². The Balaban J connectivity index is 1.93. The standard InChI is InChI=1S/C20H30N2O4/c1-15(2)18-12-16(13-21-3-7-25-8-4-21)11-17(19(23)20(18)24)14-22-5-9-26-10-6-22/h11-12,15H,3-10,13-14H2,1-2H3,(H,23,24). The van der Waals surface area contributed by atoms with E-state index in [4.69, 9.17) is 9.47 Å². The summed E-state index contributed by atoms with van der Waals surface area (Å²) < 4.78 is 10.8. The number of morpholine rings is 2. The van der Waals surface area contributed by atoms with Gasteiger partial charge in [-0.1, -0.05) is 19.9 Å². The molecule has 0 spiro atoms. The molecule has 2 fully saturated rings. The summed E-state index contributed by atoms with van der Waals surface area (Å²) in [5.41, 5.74) is 2.23. The lowest BCUT2D eigenvalue weighted by atomic mass is 10.0. The highest BCUT2D eigenvalue weighted by atomic mass is 16.5. The first kappa shape index (κ1) is 19.3. The first-order valence-electron chi connectivity index (χ1n) is 9.53. The van der Waals surface area contributed by atoms with Crippen molar-refractivity contribution < 1.29 is 14.6 Å². The lowest BCUT2D eigenvalue weighted by Gasteiger charge is -2.27. The lowest BCUT2D eigenvalue weighted by Crippen LogP contribution is -2.36. The van der Waals surface area contributed by atoms with Gasteiger partial charge in [0.25, 0.3) is 0 Å². The van der Waals surface area contributed by atoms with Gasteiger partial charge in [0.05, 0.1) is 26.4 Å². The second-order valence-corrected chi connectivity index (χ2v) is 7.45. The SMILES string of the molecule is CC(C)c1cc(CN2CCOCC2)cc(CN2CCOCC2)c(O)c1=O. The third-order valence-corrected chi connectivity index (χ3v) is 5.11. The number of nitrogens with zero attached hydrogens (tertiary/aromatic N) is 2. The molecule has 2 aliphatic rings. The van der Waals surface area contributed by atoms with Gasteiger partial charge in [-0.2, -0.15) is 0 Å². The average Bonchev–Trinajstić information content (AvgIpc) is 2.76. The highest BCUT2D eigenvalue weighted by Gasteiger charge is 2.18. The normalized spacial score (nSPS) is 19.8. The van der Waals surface area contributed by atoms with Gasteiger partial charge in [-0.15, -0.1) is 0 Å². The largest absolute Gasteiger partial charge is 0.504 e. The molecule has 0 aromatic heterocycles. The van der Waals surface area contributed by atoms with Gasteiger partial charge in [0.2, 0.25) is 5.43 Å². The molecule has 1 aromatic rings. The minimum Gasteiger partial charge on any atom is -0.504 e. The van der Waals surface area contributed by atoms with E-state index in [2.05, 4.69) is 9.80 Å². The quantitative estimate of drug-likeness (QED) is 0.857. The molecule has 0 radical (unpaired) electrons. The van der Waals surface area contributed by atoms with Crippen LogP contribution in [0.1, 0.15) is 36.5 Å². The van der Waals surface area contributed by atoms with Crippen molar-refractivity contribution in [2.45, 2.75) is 32.9 Å². The number of rotatable bonds is 5. The molecule has 2 saturated heterocycles. The van der Waals surface area contributed by atoms with E-state index in [1.807, 2.05) is 26.0 Å². The Morgan fingerprint density at radius 1 is 0.962 bits per heavy atom. The summed E-state index contributed by atoms with van der Waals surface area (Å²) in [7, 11) is 0. The van der Waals surface area contributed by atoms with Crippen LogP contribution in [0.25, 0.3) is 0 Å². The highest BCUT2D eigenvalue weighted by molar-refractivity contribution is 5.39. The molecular weight excluding hydrogens is 332 g/mol. The summed E-state index contributed by atoms with van der Waals surface area (Å²) in [4.78, 5) is 17.4. The molecule has 26 heavy (non-hydrogen) atoms. The Morgan fingerprint density at radius 2 is 1.50 bits per heavy atom. The molecule has 144 valence electrons. The highest BCUT2D eigenvalue weighted by Crippen LogP contribution is 2.22. The molecule has 0 atom stereocenters. The second kappa shape index (κ2) is 8.95.